The zero-order valence-electron chi connectivity index (χ0n) is 32.1. The Hall–Kier alpha value is -7.16. The van der Waals surface area contributed by atoms with Crippen LogP contribution in [0.1, 0.15) is 25.3 Å². The first kappa shape index (κ1) is 34.3. The summed E-state index contributed by atoms with van der Waals surface area (Å²) in [6.45, 7) is 4.49. The van der Waals surface area contributed by atoms with Gasteiger partial charge in [-0.2, -0.15) is 0 Å². The zero-order chi connectivity index (χ0) is 38.3. The van der Waals surface area contributed by atoms with E-state index in [0.717, 1.165) is 50.1 Å². The Bertz CT molecular complexity index is 3000. The average molecular weight is 732 g/mol. The third-order valence-electron chi connectivity index (χ3n) is 11.3. The van der Waals surface area contributed by atoms with E-state index in [-0.39, 0.29) is 0 Å². The Morgan fingerprint density at radius 1 is 0.368 bits per heavy atom. The van der Waals surface area contributed by atoms with Gasteiger partial charge in [0, 0.05) is 33.4 Å². The Balaban J connectivity index is 1.00. The number of para-hydroxylation sites is 2. The second-order valence-electron chi connectivity index (χ2n) is 15.1. The highest BCUT2D eigenvalue weighted by atomic mass is 16.3. The van der Waals surface area contributed by atoms with Crippen LogP contribution in [0.15, 0.2) is 211 Å². The van der Waals surface area contributed by atoms with E-state index >= 15 is 0 Å². The fourth-order valence-corrected chi connectivity index (χ4v) is 8.21. The summed E-state index contributed by atoms with van der Waals surface area (Å²) in [7, 11) is 0. The van der Waals surface area contributed by atoms with Crippen LogP contribution in [-0.4, -0.2) is 0 Å². The van der Waals surface area contributed by atoms with Gasteiger partial charge in [-0.05, 0) is 104 Å². The van der Waals surface area contributed by atoms with Crippen LogP contribution in [0.5, 0.6) is 0 Å². The van der Waals surface area contributed by atoms with Gasteiger partial charge >= 0.3 is 0 Å². The van der Waals surface area contributed by atoms with E-state index in [9.17, 15) is 0 Å². The summed E-state index contributed by atoms with van der Waals surface area (Å²) in [5.74, 6) is 0.478. The van der Waals surface area contributed by atoms with E-state index in [1.165, 1.54) is 49.7 Å². The molecule has 9 aromatic carbocycles. The van der Waals surface area contributed by atoms with Gasteiger partial charge in [-0.1, -0.05) is 178 Å². The minimum atomic E-state index is 0.478. The molecule has 0 aliphatic heterocycles. The number of hydrogen-bond acceptors (Lipinski definition) is 2. The molecule has 0 aliphatic carbocycles. The summed E-state index contributed by atoms with van der Waals surface area (Å²) in [5, 5.41) is 4.80. The second kappa shape index (κ2) is 14.5. The predicted molar refractivity (Wildman–Crippen MR) is 242 cm³/mol. The lowest BCUT2D eigenvalue weighted by atomic mass is 9.96. The highest BCUT2D eigenvalue weighted by molar-refractivity contribution is 6.09. The van der Waals surface area contributed by atoms with Gasteiger partial charge in [-0.3, -0.25) is 0 Å². The molecule has 2 heteroatoms. The predicted octanol–water partition coefficient (Wildman–Crippen LogP) is 16.0. The van der Waals surface area contributed by atoms with E-state index in [2.05, 4.69) is 213 Å². The molecular formula is C55H41NO. The van der Waals surface area contributed by atoms with Crippen LogP contribution in [0, 0.1) is 0 Å². The highest BCUT2D eigenvalue weighted by Gasteiger charge is 2.16. The van der Waals surface area contributed by atoms with Crippen LogP contribution in [0.2, 0.25) is 0 Å². The Kier molecular flexibility index (Phi) is 8.73. The summed E-state index contributed by atoms with van der Waals surface area (Å²) in [4.78, 5) is 2.34. The van der Waals surface area contributed by atoms with Gasteiger partial charge in [0.2, 0.25) is 0 Å². The summed E-state index contributed by atoms with van der Waals surface area (Å²) < 4.78 is 6.41. The number of nitrogens with zero attached hydrogens (tertiary/aromatic N) is 1. The number of hydrogen-bond donors (Lipinski definition) is 0. The van der Waals surface area contributed by atoms with Crippen molar-refractivity contribution in [2.24, 2.45) is 0 Å². The molecule has 0 spiro atoms. The fraction of sp³-hybridized carbons (Fsp3) is 0.0545. The molecule has 0 radical (unpaired) electrons. The molecule has 0 N–H and O–H groups in total. The van der Waals surface area contributed by atoms with Gasteiger partial charge in [0.15, 0.2) is 0 Å². The first-order valence-electron chi connectivity index (χ1n) is 19.8. The van der Waals surface area contributed by atoms with Crippen LogP contribution in [0.3, 0.4) is 0 Å². The number of benzene rings is 9. The van der Waals surface area contributed by atoms with Crippen molar-refractivity contribution < 1.29 is 4.42 Å². The quantitative estimate of drug-likeness (QED) is 0.155. The molecule has 1 aromatic heterocycles. The molecular weight excluding hydrogens is 691 g/mol. The summed E-state index contributed by atoms with van der Waals surface area (Å²) in [5.41, 5.74) is 15.9. The van der Waals surface area contributed by atoms with Crippen molar-refractivity contribution in [3.05, 3.63) is 212 Å². The van der Waals surface area contributed by atoms with E-state index in [4.69, 9.17) is 4.42 Å². The molecule has 0 saturated carbocycles. The molecule has 10 rings (SSSR count). The molecule has 0 fully saturated rings. The van der Waals surface area contributed by atoms with Crippen molar-refractivity contribution in [1.29, 1.82) is 0 Å². The van der Waals surface area contributed by atoms with E-state index in [0.29, 0.717) is 5.92 Å². The van der Waals surface area contributed by atoms with Crippen LogP contribution >= 0.6 is 0 Å². The van der Waals surface area contributed by atoms with Crippen molar-refractivity contribution in [2.45, 2.75) is 19.8 Å². The van der Waals surface area contributed by atoms with Gasteiger partial charge < -0.3 is 9.32 Å². The number of fused-ring (bicyclic) bond motifs is 4. The lowest BCUT2D eigenvalue weighted by Gasteiger charge is -2.26. The zero-order valence-corrected chi connectivity index (χ0v) is 32.1. The molecule has 0 amide bonds. The van der Waals surface area contributed by atoms with Crippen LogP contribution < -0.4 is 4.90 Å². The Morgan fingerprint density at radius 3 is 1.53 bits per heavy atom. The molecule has 272 valence electrons. The lowest BCUT2D eigenvalue weighted by molar-refractivity contribution is 0.670. The fourth-order valence-electron chi connectivity index (χ4n) is 8.21. The number of rotatable bonds is 8. The maximum atomic E-state index is 6.41. The van der Waals surface area contributed by atoms with Crippen molar-refractivity contribution in [2.75, 3.05) is 4.90 Å². The van der Waals surface area contributed by atoms with E-state index in [1.807, 2.05) is 12.1 Å². The molecule has 0 bridgehead atoms. The smallest absolute Gasteiger partial charge is 0.143 e. The molecule has 1 heterocycles. The van der Waals surface area contributed by atoms with E-state index < -0.39 is 0 Å². The van der Waals surface area contributed by atoms with Crippen LogP contribution in [0.4, 0.5) is 17.1 Å². The van der Waals surface area contributed by atoms with E-state index in [1.54, 1.807) is 0 Å². The summed E-state index contributed by atoms with van der Waals surface area (Å²) in [6.07, 6.45) is 0. The second-order valence-corrected chi connectivity index (χ2v) is 15.1. The van der Waals surface area contributed by atoms with Crippen molar-refractivity contribution in [3.8, 4) is 44.5 Å². The first-order valence-corrected chi connectivity index (χ1v) is 19.8. The van der Waals surface area contributed by atoms with Crippen LogP contribution in [-0.2, 0) is 0 Å². The average Bonchev–Trinajstić information content (AvgIpc) is 3.66. The summed E-state index contributed by atoms with van der Waals surface area (Å²) in [6, 6.07) is 74.4. The van der Waals surface area contributed by atoms with Crippen molar-refractivity contribution in [3.63, 3.8) is 0 Å². The molecule has 0 unspecified atom stereocenters. The van der Waals surface area contributed by atoms with Crippen molar-refractivity contribution in [1.82, 2.24) is 0 Å². The topological polar surface area (TPSA) is 16.4 Å². The maximum Gasteiger partial charge on any atom is 0.143 e. The molecule has 10 aromatic rings. The van der Waals surface area contributed by atoms with Gasteiger partial charge in [-0.25, -0.2) is 0 Å². The lowest BCUT2D eigenvalue weighted by Crippen LogP contribution is -2.09. The van der Waals surface area contributed by atoms with Gasteiger partial charge in [-0.15, -0.1) is 0 Å². The highest BCUT2D eigenvalue weighted by Crippen LogP contribution is 2.40. The summed E-state index contributed by atoms with van der Waals surface area (Å²) >= 11 is 0. The van der Waals surface area contributed by atoms with Gasteiger partial charge in [0.25, 0.3) is 0 Å². The molecule has 0 aliphatic rings. The van der Waals surface area contributed by atoms with Crippen molar-refractivity contribution >= 4 is 49.8 Å². The minimum Gasteiger partial charge on any atom is -0.455 e. The third-order valence-corrected chi connectivity index (χ3v) is 11.3. The minimum absolute atomic E-state index is 0.478. The first-order chi connectivity index (χ1) is 28.1. The number of anilines is 3. The SMILES string of the molecule is CC(C)c1cccc(-c2ccc(N(c3ccc(-c4ccc(-c5cccc6ccccc56)cc4)cc3)c3ccc(-c4cccc5c4oc4ccccc45)cc3)cc2)c1. The largest absolute Gasteiger partial charge is 0.455 e. The number of furan rings is 1. The molecule has 0 saturated heterocycles. The monoisotopic (exact) mass is 731 g/mol. The Morgan fingerprint density at radius 2 is 0.842 bits per heavy atom. The third kappa shape index (κ3) is 6.46. The Labute approximate surface area is 333 Å². The molecule has 2 nitrogen and oxygen atoms in total. The standard InChI is InChI=1S/C55H41NO/c1-37(2)44-12-7-13-45(36-44)40-26-32-47(33-27-40)56(48-34-28-43(29-35-48)51-17-9-18-53-52-15-5-6-19-54(52)57-55(51)53)46-30-24-39(25-31-46)38-20-22-42(23-21-38)50-16-8-11-41-10-3-4-14-49(41)50/h3-37H,1-2H3. The normalized spacial score (nSPS) is 11.5. The van der Waals surface area contributed by atoms with Gasteiger partial charge in [0.1, 0.15) is 11.2 Å². The maximum absolute atomic E-state index is 6.41. The van der Waals surface area contributed by atoms with Crippen LogP contribution in [0.25, 0.3) is 77.2 Å². The van der Waals surface area contributed by atoms with Gasteiger partial charge in [0.05, 0.1) is 0 Å². The molecule has 0 atom stereocenters. The molecule has 57 heavy (non-hydrogen) atoms.